The number of aromatic nitrogens is 6. The molecule has 4 aromatic rings. The van der Waals surface area contributed by atoms with Crippen LogP contribution in [0.15, 0.2) is 36.1 Å². The van der Waals surface area contributed by atoms with E-state index in [0.717, 1.165) is 57.1 Å². The fraction of sp³-hybridized carbons (Fsp3) is 0.500. The number of anilines is 1. The van der Waals surface area contributed by atoms with Gasteiger partial charge in [-0.1, -0.05) is 33.1 Å². The number of amides is 1. The zero-order chi connectivity index (χ0) is 37.3. The molecule has 0 aliphatic heterocycles. The zero-order valence-corrected chi connectivity index (χ0v) is 30.2. The molecule has 0 spiro atoms. The van der Waals surface area contributed by atoms with Crippen LogP contribution in [-0.2, 0) is 21.1 Å². The van der Waals surface area contributed by atoms with Gasteiger partial charge in [0.25, 0.3) is 5.91 Å². The number of ether oxygens (including phenoxy) is 1. The second kappa shape index (κ2) is 21.0. The van der Waals surface area contributed by atoms with Gasteiger partial charge in [-0.05, 0) is 57.8 Å². The van der Waals surface area contributed by atoms with E-state index in [1.165, 1.54) is 16.0 Å². The standard InChI is InChI=1S/C27H30F2N8O3S.C5H11NO.C2H6O/c1-30-11-5-8-23(38)40-16-36-13-17(12-31-36)27-33-21(15-41-27)26(39)32-20-14-37(18-6-3-2-4-7-18)35-25(20)24-19(28)9-10-22(29)34-24;1-4(2)5(6)3-7;1-2-3/h9-10,12-15,18,30H,2-8,11,16H2,1H3,(H,32,39);3-5H,6H2,1-2H3;3H,2H2,1H3. The number of aldehydes is 1. The number of carbonyl (C=O) groups excluding carboxylic acids is 3. The third-order valence-corrected chi connectivity index (χ3v) is 8.57. The second-order valence-corrected chi connectivity index (χ2v) is 12.9. The first-order chi connectivity index (χ1) is 24.5. The maximum absolute atomic E-state index is 14.7. The summed E-state index contributed by atoms with van der Waals surface area (Å²) >= 11 is 1.24. The molecule has 1 unspecified atom stereocenters. The van der Waals surface area contributed by atoms with Crippen LogP contribution < -0.4 is 16.4 Å². The van der Waals surface area contributed by atoms with Gasteiger partial charge in [0.1, 0.15) is 28.4 Å². The molecule has 1 fully saturated rings. The Kier molecular flexibility index (Phi) is 16.9. The van der Waals surface area contributed by atoms with Gasteiger partial charge in [-0.25, -0.2) is 19.0 Å². The fourth-order valence-electron chi connectivity index (χ4n) is 4.79. The van der Waals surface area contributed by atoms with Crippen LogP contribution in [0.5, 0.6) is 0 Å². The van der Waals surface area contributed by atoms with Crippen LogP contribution in [0.3, 0.4) is 0 Å². The van der Waals surface area contributed by atoms with Crippen LogP contribution in [0.2, 0.25) is 0 Å². The number of esters is 1. The lowest BCUT2D eigenvalue weighted by Gasteiger charge is -2.21. The van der Waals surface area contributed by atoms with Crippen molar-refractivity contribution in [2.45, 2.75) is 84.5 Å². The van der Waals surface area contributed by atoms with Gasteiger partial charge in [-0.3, -0.25) is 14.3 Å². The lowest BCUT2D eigenvalue weighted by Crippen LogP contribution is -2.27. The fourth-order valence-corrected chi connectivity index (χ4v) is 5.57. The number of nitrogens with two attached hydrogens (primary N) is 1. The van der Waals surface area contributed by atoms with Crippen molar-refractivity contribution in [3.8, 4) is 22.0 Å². The number of nitrogens with one attached hydrogen (secondary N) is 2. The minimum absolute atomic E-state index is 0.0322. The van der Waals surface area contributed by atoms with E-state index in [-0.39, 0.29) is 60.1 Å². The molecule has 278 valence electrons. The predicted molar refractivity (Wildman–Crippen MR) is 190 cm³/mol. The molecule has 0 saturated heterocycles. The van der Waals surface area contributed by atoms with E-state index >= 15 is 0 Å². The van der Waals surface area contributed by atoms with Crippen LogP contribution in [0.1, 0.15) is 82.2 Å². The molecule has 0 aromatic carbocycles. The van der Waals surface area contributed by atoms with Crippen molar-refractivity contribution in [3.63, 3.8) is 0 Å². The Morgan fingerprint density at radius 3 is 2.53 bits per heavy atom. The third kappa shape index (κ3) is 12.7. The molecule has 1 aliphatic carbocycles. The summed E-state index contributed by atoms with van der Waals surface area (Å²) in [5.41, 5.74) is 6.03. The van der Waals surface area contributed by atoms with E-state index in [0.29, 0.717) is 23.4 Å². The van der Waals surface area contributed by atoms with Crippen molar-refractivity contribution >= 4 is 35.2 Å². The molecule has 51 heavy (non-hydrogen) atoms. The smallest absolute Gasteiger partial charge is 0.307 e. The molecule has 0 bridgehead atoms. The molecule has 1 aliphatic rings. The summed E-state index contributed by atoms with van der Waals surface area (Å²) < 4.78 is 37.0. The van der Waals surface area contributed by atoms with E-state index in [1.807, 2.05) is 20.9 Å². The molecule has 0 radical (unpaired) electrons. The lowest BCUT2D eigenvalue weighted by atomic mass is 9.96. The Hall–Kier alpha value is -4.45. The van der Waals surface area contributed by atoms with Gasteiger partial charge in [0, 0.05) is 36.4 Å². The number of pyridine rings is 1. The maximum atomic E-state index is 14.7. The number of aliphatic hydroxyl groups excluding tert-OH is 1. The Bertz CT molecular complexity index is 1690. The van der Waals surface area contributed by atoms with Gasteiger partial charge >= 0.3 is 5.97 Å². The molecule has 1 atom stereocenters. The van der Waals surface area contributed by atoms with Crippen molar-refractivity contribution in [2.24, 2.45) is 11.7 Å². The van der Waals surface area contributed by atoms with Gasteiger partial charge in [0.2, 0.25) is 5.95 Å². The Balaban J connectivity index is 0.000000620. The van der Waals surface area contributed by atoms with Crippen LogP contribution in [0, 0.1) is 17.7 Å². The molecular weight excluding hydrogens is 684 g/mol. The van der Waals surface area contributed by atoms with Gasteiger partial charge in [-0.2, -0.15) is 14.6 Å². The number of halogens is 2. The molecular formula is C34H47F2N9O5S. The summed E-state index contributed by atoms with van der Waals surface area (Å²) in [5.74, 6) is -2.16. The highest BCUT2D eigenvalue weighted by molar-refractivity contribution is 7.13. The quantitative estimate of drug-likeness (QED) is 0.0628. The lowest BCUT2D eigenvalue weighted by molar-refractivity contribution is -0.148. The average Bonchev–Trinajstić information content (AvgIpc) is 3.90. The third-order valence-electron chi connectivity index (χ3n) is 7.67. The Morgan fingerprint density at radius 1 is 1.16 bits per heavy atom. The van der Waals surface area contributed by atoms with Gasteiger partial charge in [0.05, 0.1) is 24.0 Å². The minimum Gasteiger partial charge on any atom is -0.442 e. The molecule has 5 N–H and O–H groups in total. The number of thiazole rings is 1. The van der Waals surface area contributed by atoms with Crippen LogP contribution in [0.25, 0.3) is 22.0 Å². The number of carbonyl (C=O) groups is 3. The summed E-state index contributed by atoms with van der Waals surface area (Å²) in [6, 6.07) is 1.74. The largest absolute Gasteiger partial charge is 0.442 e. The average molecular weight is 732 g/mol. The van der Waals surface area contributed by atoms with Crippen LogP contribution in [0.4, 0.5) is 14.5 Å². The van der Waals surface area contributed by atoms with Gasteiger partial charge < -0.3 is 31.0 Å². The Morgan fingerprint density at radius 2 is 1.88 bits per heavy atom. The topological polar surface area (TPSA) is 192 Å². The molecule has 1 amide bonds. The highest BCUT2D eigenvalue weighted by Gasteiger charge is 2.24. The number of nitrogens with zero attached hydrogens (tertiary/aromatic N) is 6. The van der Waals surface area contributed by atoms with Crippen LogP contribution >= 0.6 is 11.3 Å². The highest BCUT2D eigenvalue weighted by Crippen LogP contribution is 2.34. The van der Waals surface area contributed by atoms with Crippen molar-refractivity contribution in [3.05, 3.63) is 53.6 Å². The minimum atomic E-state index is -0.848. The summed E-state index contributed by atoms with van der Waals surface area (Å²) in [6.07, 6.45) is 11.7. The number of rotatable bonds is 13. The molecule has 14 nitrogen and oxygen atoms in total. The monoisotopic (exact) mass is 731 g/mol. The van der Waals surface area contributed by atoms with E-state index in [1.54, 1.807) is 35.6 Å². The number of aliphatic hydroxyl groups is 1. The van der Waals surface area contributed by atoms with Crippen molar-refractivity contribution in [1.82, 2.24) is 34.8 Å². The number of hydrogen-bond acceptors (Lipinski definition) is 12. The SMILES string of the molecule is CC(C)C(N)C=O.CCO.CNCCCC(=O)OCn1cc(-c2nc(C(=O)Nc3cn(C4CCCCC4)nc3-c3nc(F)ccc3F)cs2)cn1. The van der Waals surface area contributed by atoms with Gasteiger partial charge in [-0.15, -0.1) is 11.3 Å². The molecule has 4 heterocycles. The second-order valence-electron chi connectivity index (χ2n) is 12.0. The Labute approximate surface area is 299 Å². The molecule has 4 aromatic heterocycles. The maximum Gasteiger partial charge on any atom is 0.307 e. The molecule has 5 rings (SSSR count). The summed E-state index contributed by atoms with van der Waals surface area (Å²) in [5, 5.41) is 24.2. The first-order valence-electron chi connectivity index (χ1n) is 16.8. The summed E-state index contributed by atoms with van der Waals surface area (Å²) in [6.45, 7) is 6.46. The first kappa shape index (κ1) is 41.0. The van der Waals surface area contributed by atoms with Crippen molar-refractivity contribution in [2.75, 3.05) is 25.5 Å². The van der Waals surface area contributed by atoms with E-state index in [9.17, 15) is 23.2 Å². The normalized spacial score (nSPS) is 13.4. The zero-order valence-electron chi connectivity index (χ0n) is 29.3. The summed E-state index contributed by atoms with van der Waals surface area (Å²) in [7, 11) is 1.82. The summed E-state index contributed by atoms with van der Waals surface area (Å²) in [4.78, 5) is 43.0. The van der Waals surface area contributed by atoms with E-state index in [2.05, 4.69) is 30.8 Å². The molecule has 1 saturated carbocycles. The predicted octanol–water partition coefficient (Wildman–Crippen LogP) is 4.97. The van der Waals surface area contributed by atoms with Crippen molar-refractivity contribution < 1.29 is 33.0 Å². The molecule has 17 heteroatoms. The first-order valence-corrected chi connectivity index (χ1v) is 17.7. The number of hydrogen-bond donors (Lipinski definition) is 4. The van der Waals surface area contributed by atoms with E-state index in [4.69, 9.17) is 15.6 Å². The van der Waals surface area contributed by atoms with Crippen LogP contribution in [-0.4, -0.2) is 79.0 Å². The van der Waals surface area contributed by atoms with Crippen molar-refractivity contribution in [1.29, 1.82) is 0 Å². The van der Waals surface area contributed by atoms with Gasteiger partial charge in [0.15, 0.2) is 12.5 Å². The highest BCUT2D eigenvalue weighted by atomic mass is 32.1. The van der Waals surface area contributed by atoms with E-state index < -0.39 is 17.7 Å².